The Kier molecular flexibility index (Phi) is 9.26. The average molecular weight is 375 g/mol. The fraction of sp³-hybridized carbons (Fsp3) is 0.471. The first kappa shape index (κ1) is 21.2. The molecule has 0 aliphatic heterocycles. The molecule has 1 rings (SSSR count). The lowest BCUT2D eigenvalue weighted by molar-refractivity contribution is -0.153. The van der Waals surface area contributed by atoms with Crippen LogP contribution in [0.5, 0.6) is 5.75 Å². The van der Waals surface area contributed by atoms with Gasteiger partial charge in [-0.15, -0.1) is 6.58 Å². The molecule has 0 heterocycles. The van der Waals surface area contributed by atoms with Gasteiger partial charge in [-0.3, -0.25) is 4.99 Å². The molecule has 140 valence electrons. The summed E-state index contributed by atoms with van der Waals surface area (Å²) in [6.45, 7) is 5.19. The van der Waals surface area contributed by atoms with E-state index in [0.717, 1.165) is 23.6 Å². The number of hydrogen-bond donors (Lipinski definition) is 2. The van der Waals surface area contributed by atoms with Crippen molar-refractivity contribution in [1.82, 2.24) is 10.6 Å². The van der Waals surface area contributed by atoms with Crippen LogP contribution < -0.4 is 15.4 Å². The third-order valence-electron chi connectivity index (χ3n) is 3.06. The zero-order valence-corrected chi connectivity index (χ0v) is 15.3. The summed E-state index contributed by atoms with van der Waals surface area (Å²) in [4.78, 5) is 4.10. The molecule has 0 atom stereocenters. The molecule has 8 heteroatoms. The molecule has 1 aromatic carbocycles. The second-order valence-corrected chi connectivity index (χ2v) is 6.38. The number of hydrogen-bond acceptors (Lipinski definition) is 3. The maximum absolute atomic E-state index is 12.4. The lowest BCUT2D eigenvalue weighted by atomic mass is 10.1. The van der Waals surface area contributed by atoms with Crippen molar-refractivity contribution < 1.29 is 17.9 Å². The molecule has 0 aromatic heterocycles. The normalized spacial score (nSPS) is 12.0. The highest BCUT2D eigenvalue weighted by atomic mass is 32.2. The van der Waals surface area contributed by atoms with Gasteiger partial charge in [0.1, 0.15) is 5.75 Å². The van der Waals surface area contributed by atoms with Crippen LogP contribution in [0.2, 0.25) is 0 Å². The van der Waals surface area contributed by atoms with Gasteiger partial charge in [-0.1, -0.05) is 18.2 Å². The Morgan fingerprint density at radius 1 is 1.36 bits per heavy atom. The molecule has 2 N–H and O–H groups in total. The minimum absolute atomic E-state index is 0.224. The van der Waals surface area contributed by atoms with Crippen molar-refractivity contribution in [3.8, 4) is 5.75 Å². The van der Waals surface area contributed by atoms with Crippen LogP contribution in [-0.2, 0) is 6.54 Å². The molecule has 25 heavy (non-hydrogen) atoms. The van der Waals surface area contributed by atoms with Crippen molar-refractivity contribution in [3.05, 3.63) is 42.0 Å². The van der Waals surface area contributed by atoms with E-state index in [4.69, 9.17) is 4.74 Å². The van der Waals surface area contributed by atoms with Gasteiger partial charge in [-0.25, -0.2) is 0 Å². The van der Waals surface area contributed by atoms with E-state index in [0.29, 0.717) is 18.1 Å². The van der Waals surface area contributed by atoms with Crippen LogP contribution in [0.25, 0.3) is 0 Å². The third-order valence-corrected chi connectivity index (χ3v) is 4.02. The lowest BCUT2D eigenvalue weighted by Gasteiger charge is -2.16. The number of ether oxygens (including phenoxy) is 1. The van der Waals surface area contributed by atoms with Crippen molar-refractivity contribution in [2.24, 2.45) is 4.99 Å². The van der Waals surface area contributed by atoms with Gasteiger partial charge in [-0.2, -0.15) is 24.9 Å². The molecular weight excluding hydrogens is 351 g/mol. The van der Waals surface area contributed by atoms with Crippen molar-refractivity contribution >= 4 is 17.7 Å². The first-order valence-electron chi connectivity index (χ1n) is 7.78. The number of aliphatic imine (C=N–C) groups is 1. The van der Waals surface area contributed by atoms with Crippen LogP contribution in [0, 0.1) is 6.92 Å². The van der Waals surface area contributed by atoms with E-state index in [1.807, 2.05) is 12.1 Å². The van der Waals surface area contributed by atoms with Gasteiger partial charge in [0.15, 0.2) is 12.6 Å². The minimum atomic E-state index is -4.37. The predicted octanol–water partition coefficient (Wildman–Crippen LogP) is 3.52. The molecule has 0 saturated heterocycles. The Morgan fingerprint density at radius 2 is 2.12 bits per heavy atom. The van der Waals surface area contributed by atoms with Crippen LogP contribution in [-0.4, -0.2) is 43.8 Å². The molecule has 0 spiro atoms. The Morgan fingerprint density at radius 3 is 2.76 bits per heavy atom. The van der Waals surface area contributed by atoms with Crippen molar-refractivity contribution in [1.29, 1.82) is 0 Å². The molecule has 0 aliphatic rings. The Balaban J connectivity index is 2.58. The number of benzene rings is 1. The number of nitrogens with zero attached hydrogens (tertiary/aromatic N) is 1. The summed E-state index contributed by atoms with van der Waals surface area (Å²) >= 11 is 1.74. The summed E-state index contributed by atoms with van der Waals surface area (Å²) in [5, 5.41) is 6.23. The Bertz CT molecular complexity index is 577. The largest absolute Gasteiger partial charge is 0.484 e. The molecule has 0 radical (unpaired) electrons. The molecule has 0 fully saturated rings. The van der Waals surface area contributed by atoms with Gasteiger partial charge in [0.05, 0.1) is 0 Å². The maximum Gasteiger partial charge on any atom is 0.422 e. The molecule has 4 nitrogen and oxygen atoms in total. The van der Waals surface area contributed by atoms with Crippen molar-refractivity contribution in [2.75, 3.05) is 31.7 Å². The fourth-order valence-electron chi connectivity index (χ4n) is 1.91. The molecule has 0 saturated carbocycles. The summed E-state index contributed by atoms with van der Waals surface area (Å²) in [5.41, 5.74) is 1.47. The highest BCUT2D eigenvalue weighted by Crippen LogP contribution is 2.23. The summed E-state index contributed by atoms with van der Waals surface area (Å²) in [6.07, 6.45) is -2.52. The molecule has 1 aromatic rings. The Hall–Kier alpha value is -1.83. The van der Waals surface area contributed by atoms with Gasteiger partial charge in [0.2, 0.25) is 0 Å². The van der Waals surface area contributed by atoms with E-state index in [-0.39, 0.29) is 5.75 Å². The number of rotatable bonds is 9. The van der Waals surface area contributed by atoms with E-state index < -0.39 is 12.8 Å². The molecular formula is C17H24F3N3OS. The maximum atomic E-state index is 12.4. The minimum Gasteiger partial charge on any atom is -0.484 e. The number of guanidine groups is 1. The molecule has 0 unspecified atom stereocenters. The SMILES string of the molecule is C=CCSCCNC(=NC)NCc1ccc(C)cc1OCC(F)(F)F. The van der Waals surface area contributed by atoms with Gasteiger partial charge < -0.3 is 15.4 Å². The summed E-state index contributed by atoms with van der Waals surface area (Å²) in [7, 11) is 1.64. The van der Waals surface area contributed by atoms with E-state index >= 15 is 0 Å². The van der Waals surface area contributed by atoms with Gasteiger partial charge in [0.25, 0.3) is 0 Å². The zero-order valence-electron chi connectivity index (χ0n) is 14.4. The van der Waals surface area contributed by atoms with E-state index in [1.165, 1.54) is 0 Å². The number of nitrogens with one attached hydrogen (secondary N) is 2. The van der Waals surface area contributed by atoms with E-state index in [9.17, 15) is 13.2 Å². The first-order chi connectivity index (χ1) is 11.9. The predicted molar refractivity (Wildman–Crippen MR) is 98.5 cm³/mol. The number of thioether (sulfide) groups is 1. The second kappa shape index (κ2) is 10.9. The smallest absolute Gasteiger partial charge is 0.422 e. The average Bonchev–Trinajstić information content (AvgIpc) is 2.56. The topological polar surface area (TPSA) is 45.7 Å². The fourth-order valence-corrected chi connectivity index (χ4v) is 2.49. The van der Waals surface area contributed by atoms with Crippen LogP contribution in [0.1, 0.15) is 11.1 Å². The quantitative estimate of drug-likeness (QED) is 0.300. The number of alkyl halides is 3. The highest BCUT2D eigenvalue weighted by molar-refractivity contribution is 7.99. The summed E-state index contributed by atoms with van der Waals surface area (Å²) < 4.78 is 42.1. The zero-order chi connectivity index (χ0) is 18.7. The van der Waals surface area contributed by atoms with Crippen LogP contribution >= 0.6 is 11.8 Å². The molecule has 0 amide bonds. The van der Waals surface area contributed by atoms with E-state index in [1.54, 1.807) is 37.9 Å². The van der Waals surface area contributed by atoms with Gasteiger partial charge >= 0.3 is 6.18 Å². The van der Waals surface area contributed by atoms with Crippen LogP contribution in [0.4, 0.5) is 13.2 Å². The molecule has 0 bridgehead atoms. The summed E-state index contributed by atoms with van der Waals surface area (Å²) in [6, 6.07) is 5.19. The third kappa shape index (κ3) is 9.28. The van der Waals surface area contributed by atoms with E-state index in [2.05, 4.69) is 22.2 Å². The van der Waals surface area contributed by atoms with Gasteiger partial charge in [0, 0.05) is 37.2 Å². The lowest BCUT2D eigenvalue weighted by Crippen LogP contribution is -2.38. The second-order valence-electron chi connectivity index (χ2n) is 5.23. The first-order valence-corrected chi connectivity index (χ1v) is 8.93. The van der Waals surface area contributed by atoms with Crippen molar-refractivity contribution in [2.45, 2.75) is 19.6 Å². The van der Waals surface area contributed by atoms with Crippen LogP contribution in [0.3, 0.4) is 0 Å². The monoisotopic (exact) mass is 375 g/mol. The number of aryl methyl sites for hydroxylation is 1. The molecule has 0 aliphatic carbocycles. The van der Waals surface area contributed by atoms with Crippen molar-refractivity contribution in [3.63, 3.8) is 0 Å². The standard InChI is InChI=1S/C17H24F3N3OS/c1-4-8-25-9-7-22-16(21-3)23-11-14-6-5-13(2)10-15(14)24-12-17(18,19)20/h4-6,10H,1,7-9,11-12H2,2-3H3,(H2,21,22,23). The highest BCUT2D eigenvalue weighted by Gasteiger charge is 2.28. The summed E-state index contributed by atoms with van der Waals surface area (Å²) in [5.74, 6) is 2.59. The van der Waals surface area contributed by atoms with Crippen LogP contribution in [0.15, 0.2) is 35.8 Å². The Labute approximate surface area is 150 Å². The van der Waals surface area contributed by atoms with Gasteiger partial charge in [-0.05, 0) is 18.6 Å². The number of halogens is 3.